The number of amides is 2. The van der Waals surface area contributed by atoms with Crippen molar-refractivity contribution in [1.82, 2.24) is 21.3 Å². The third kappa shape index (κ3) is 6.86. The van der Waals surface area contributed by atoms with Crippen molar-refractivity contribution in [1.29, 1.82) is 0 Å². The molecule has 1 aliphatic carbocycles. The number of allylic oxidation sites excluding steroid dienone is 2. The average molecular weight is 512 g/mol. The second-order valence-corrected chi connectivity index (χ2v) is 8.45. The molecule has 2 amide bonds. The molecule has 0 aromatic heterocycles. The van der Waals surface area contributed by atoms with Crippen molar-refractivity contribution in [2.75, 3.05) is 19.6 Å². The standard InChI is InChI=1S/C21H23Cl2N5O6/c22-11-4-14(19(33)15(23)5-11)16(6-18(31)32)28-17(30)9-24-20(34)10-1-2-12(3-10)27-21-25-7-13(29)8-26-21/h2-5,13,16,29,33H,1,6-9H2,(H,24,34)(H,28,30)(H,31,32)(H2,25,26,27)/t16-/m0/s1. The molecule has 0 saturated carbocycles. The highest BCUT2D eigenvalue weighted by atomic mass is 35.5. The Balaban J connectivity index is 1.56. The van der Waals surface area contributed by atoms with E-state index in [9.17, 15) is 29.7 Å². The Bertz CT molecular complexity index is 1090. The summed E-state index contributed by atoms with van der Waals surface area (Å²) in [5.74, 6) is -2.27. The number of hydrogen-bond donors (Lipinski definition) is 7. The van der Waals surface area contributed by atoms with Crippen molar-refractivity contribution in [2.45, 2.75) is 25.0 Å². The fraction of sp³-hybridized carbons (Fsp3) is 0.333. The highest BCUT2D eigenvalue weighted by Gasteiger charge is 2.24. The number of aromatic hydroxyl groups is 1. The van der Waals surface area contributed by atoms with Gasteiger partial charge < -0.3 is 36.6 Å². The maximum Gasteiger partial charge on any atom is 0.305 e. The molecular weight excluding hydrogens is 489 g/mol. The van der Waals surface area contributed by atoms with Gasteiger partial charge in [0, 0.05) is 28.4 Å². The normalized spacial score (nSPS) is 18.1. The van der Waals surface area contributed by atoms with Crippen molar-refractivity contribution in [3.63, 3.8) is 0 Å². The van der Waals surface area contributed by atoms with Crippen LogP contribution in [0.15, 0.2) is 40.5 Å². The molecule has 13 heteroatoms. The van der Waals surface area contributed by atoms with Crippen LogP contribution in [0.5, 0.6) is 5.75 Å². The summed E-state index contributed by atoms with van der Waals surface area (Å²) in [5.41, 5.74) is 1.10. The minimum Gasteiger partial charge on any atom is -0.506 e. The Labute approximate surface area is 204 Å². The number of guanidine groups is 1. The molecule has 1 aliphatic heterocycles. The van der Waals surface area contributed by atoms with Gasteiger partial charge in [0.2, 0.25) is 11.8 Å². The predicted molar refractivity (Wildman–Crippen MR) is 125 cm³/mol. The zero-order valence-corrected chi connectivity index (χ0v) is 19.3. The van der Waals surface area contributed by atoms with Gasteiger partial charge in [0.15, 0.2) is 5.96 Å². The van der Waals surface area contributed by atoms with Crippen LogP contribution < -0.4 is 21.3 Å². The molecule has 1 aromatic carbocycles. The van der Waals surface area contributed by atoms with Gasteiger partial charge in [-0.05, 0) is 24.6 Å². The number of carbonyl (C=O) groups excluding carboxylic acids is 2. The molecule has 0 radical (unpaired) electrons. The Hall–Kier alpha value is -3.28. The van der Waals surface area contributed by atoms with Crippen molar-refractivity contribution >= 4 is 46.9 Å². The van der Waals surface area contributed by atoms with Crippen LogP contribution in [0.1, 0.15) is 24.4 Å². The van der Waals surface area contributed by atoms with Crippen LogP contribution in [0, 0.1) is 0 Å². The van der Waals surface area contributed by atoms with E-state index in [2.05, 4.69) is 26.3 Å². The smallest absolute Gasteiger partial charge is 0.305 e. The second kappa shape index (κ2) is 11.2. The molecule has 182 valence electrons. The van der Waals surface area contributed by atoms with E-state index in [-0.39, 0.29) is 22.2 Å². The summed E-state index contributed by atoms with van der Waals surface area (Å²) < 4.78 is 0. The number of aliphatic carboxylic acids is 1. The van der Waals surface area contributed by atoms with Gasteiger partial charge in [-0.15, -0.1) is 0 Å². The maximum atomic E-state index is 12.4. The number of nitrogens with one attached hydrogen (secondary N) is 4. The van der Waals surface area contributed by atoms with Crippen molar-refractivity contribution in [3.8, 4) is 5.75 Å². The number of β-amino-alcohol motifs (C(OH)–C–C–N with tert-alkyl or cyclic N) is 1. The molecule has 2 atom stereocenters. The van der Waals surface area contributed by atoms with E-state index in [1.54, 1.807) is 12.2 Å². The minimum absolute atomic E-state index is 0.0461. The van der Waals surface area contributed by atoms with Crippen molar-refractivity contribution in [2.24, 2.45) is 4.99 Å². The molecule has 1 aromatic rings. The lowest BCUT2D eigenvalue weighted by atomic mass is 10.0. The Morgan fingerprint density at radius 2 is 2.03 bits per heavy atom. The third-order valence-electron chi connectivity index (χ3n) is 4.95. The molecule has 0 fully saturated rings. The lowest BCUT2D eigenvalue weighted by molar-refractivity contribution is -0.138. The first-order valence-corrected chi connectivity index (χ1v) is 11.0. The van der Waals surface area contributed by atoms with Crippen LogP contribution >= 0.6 is 23.2 Å². The monoisotopic (exact) mass is 511 g/mol. The summed E-state index contributed by atoms with van der Waals surface area (Å²) in [6.07, 6.45) is 2.65. The fourth-order valence-corrected chi connectivity index (χ4v) is 3.82. The molecule has 1 heterocycles. The van der Waals surface area contributed by atoms with E-state index in [0.717, 1.165) is 0 Å². The summed E-state index contributed by atoms with van der Waals surface area (Å²) in [6, 6.07) is 1.48. The number of hydrogen-bond acceptors (Lipinski definition) is 8. The number of aliphatic imine (C=N–C) groups is 1. The molecule has 0 spiro atoms. The van der Waals surface area contributed by atoms with Gasteiger partial charge in [-0.25, -0.2) is 0 Å². The Kier molecular flexibility index (Phi) is 8.37. The zero-order valence-electron chi connectivity index (χ0n) is 17.8. The van der Waals surface area contributed by atoms with Crippen LogP contribution in [0.2, 0.25) is 10.0 Å². The van der Waals surface area contributed by atoms with E-state index >= 15 is 0 Å². The first-order chi connectivity index (χ1) is 16.1. The van der Waals surface area contributed by atoms with Crippen LogP contribution in [0.3, 0.4) is 0 Å². The second-order valence-electron chi connectivity index (χ2n) is 7.61. The van der Waals surface area contributed by atoms with Gasteiger partial charge in [0.1, 0.15) is 5.75 Å². The van der Waals surface area contributed by atoms with Crippen molar-refractivity contribution < 1.29 is 29.7 Å². The van der Waals surface area contributed by atoms with Crippen LogP contribution in [-0.4, -0.2) is 64.8 Å². The van der Waals surface area contributed by atoms with E-state index < -0.39 is 48.6 Å². The van der Waals surface area contributed by atoms with E-state index in [4.69, 9.17) is 23.2 Å². The molecular formula is C21H23Cl2N5O6. The summed E-state index contributed by atoms with van der Waals surface area (Å²) in [5, 5.41) is 39.8. The number of carboxylic acid groups (broad SMARTS) is 1. The predicted octanol–water partition coefficient (Wildman–Crippen LogP) is 0.571. The third-order valence-corrected chi connectivity index (χ3v) is 5.45. The van der Waals surface area contributed by atoms with E-state index in [0.29, 0.717) is 30.2 Å². The molecule has 7 N–H and O–H groups in total. The highest BCUT2D eigenvalue weighted by molar-refractivity contribution is 6.35. The number of phenols is 1. The molecule has 3 rings (SSSR count). The molecule has 2 aliphatic rings. The first kappa shape index (κ1) is 25.3. The van der Waals surface area contributed by atoms with Gasteiger partial charge in [-0.3, -0.25) is 19.4 Å². The number of phenolic OH excluding ortho intramolecular Hbond substituents is 1. The number of carboxylic acids is 1. The Morgan fingerprint density at radius 3 is 2.71 bits per heavy atom. The largest absolute Gasteiger partial charge is 0.506 e. The summed E-state index contributed by atoms with van der Waals surface area (Å²) in [7, 11) is 0. The maximum absolute atomic E-state index is 12.4. The number of benzene rings is 1. The molecule has 0 saturated heterocycles. The molecule has 34 heavy (non-hydrogen) atoms. The first-order valence-electron chi connectivity index (χ1n) is 10.2. The van der Waals surface area contributed by atoms with Gasteiger partial charge in [0.05, 0.1) is 36.7 Å². The van der Waals surface area contributed by atoms with Gasteiger partial charge in [-0.2, -0.15) is 0 Å². The van der Waals surface area contributed by atoms with Crippen LogP contribution in [-0.2, 0) is 14.4 Å². The number of nitrogens with zero attached hydrogens (tertiary/aromatic N) is 1. The zero-order chi connectivity index (χ0) is 24.8. The number of halogens is 2. The molecule has 0 bridgehead atoms. The number of aliphatic hydroxyl groups excluding tert-OH is 1. The quantitative estimate of drug-likeness (QED) is 0.265. The highest BCUT2D eigenvalue weighted by Crippen LogP contribution is 2.36. The molecule has 11 nitrogen and oxygen atoms in total. The topological polar surface area (TPSA) is 172 Å². The van der Waals surface area contributed by atoms with Crippen LogP contribution in [0.4, 0.5) is 0 Å². The number of rotatable bonds is 8. The molecule has 1 unspecified atom stereocenters. The van der Waals surface area contributed by atoms with Gasteiger partial charge in [-0.1, -0.05) is 29.3 Å². The van der Waals surface area contributed by atoms with E-state index in [1.807, 2.05) is 0 Å². The average Bonchev–Trinajstić information content (AvgIpc) is 3.24. The lowest BCUT2D eigenvalue weighted by Gasteiger charge is -2.20. The minimum atomic E-state index is -1.22. The van der Waals surface area contributed by atoms with E-state index in [1.165, 1.54) is 12.1 Å². The fourth-order valence-electron chi connectivity index (χ4n) is 3.31. The summed E-state index contributed by atoms with van der Waals surface area (Å²) in [6.45, 7) is 0.223. The lowest BCUT2D eigenvalue weighted by Crippen LogP contribution is -2.45. The Morgan fingerprint density at radius 1 is 1.26 bits per heavy atom. The summed E-state index contributed by atoms with van der Waals surface area (Å²) in [4.78, 5) is 40.2. The van der Waals surface area contributed by atoms with Gasteiger partial charge >= 0.3 is 5.97 Å². The van der Waals surface area contributed by atoms with Crippen LogP contribution in [0.25, 0.3) is 0 Å². The SMILES string of the molecule is O=C(O)C[C@H](NC(=O)CNC(=O)C1=CC(NC2=NCC(O)CN2)=CC1)c1cc(Cl)cc(Cl)c1O. The number of carbonyl (C=O) groups is 3. The summed E-state index contributed by atoms with van der Waals surface area (Å²) >= 11 is 11.8. The van der Waals surface area contributed by atoms with Gasteiger partial charge in [0.25, 0.3) is 0 Å². The van der Waals surface area contributed by atoms with Crippen molar-refractivity contribution in [3.05, 3.63) is 51.2 Å². The number of aliphatic hydroxyl groups is 1.